The number of nitrogens with zero attached hydrogens (tertiary/aromatic N) is 3. The standard InChI is InChI=1S/C17H21N5O3/c18-17(24)13-6-7-22(10-13)11-16-20-14(21-25-16)8-15(23)19-9-12-4-2-1-3-5-12/h1-5,13H,6-11H2,(H2,18,24)(H,19,23)/t13-/m1/s1. The van der Waals surface area contributed by atoms with E-state index in [0.717, 1.165) is 18.5 Å². The number of hydrogen-bond donors (Lipinski definition) is 2. The Morgan fingerprint density at radius 1 is 1.32 bits per heavy atom. The van der Waals surface area contributed by atoms with Gasteiger partial charge in [-0.3, -0.25) is 14.5 Å². The largest absolute Gasteiger partial charge is 0.369 e. The lowest BCUT2D eigenvalue weighted by Gasteiger charge is -2.11. The van der Waals surface area contributed by atoms with Crippen molar-refractivity contribution in [2.75, 3.05) is 13.1 Å². The van der Waals surface area contributed by atoms with E-state index in [1.54, 1.807) is 0 Å². The summed E-state index contributed by atoms with van der Waals surface area (Å²) in [5.41, 5.74) is 6.35. The SMILES string of the molecule is NC(=O)[C@@H]1CCN(Cc2nc(CC(=O)NCc3ccccc3)no2)C1. The molecule has 2 aromatic rings. The van der Waals surface area contributed by atoms with Gasteiger partial charge < -0.3 is 15.6 Å². The molecule has 25 heavy (non-hydrogen) atoms. The van der Waals surface area contributed by atoms with Crippen molar-refractivity contribution in [2.24, 2.45) is 11.7 Å². The number of likely N-dealkylation sites (tertiary alicyclic amines) is 1. The zero-order valence-electron chi connectivity index (χ0n) is 13.9. The maximum absolute atomic E-state index is 12.0. The lowest BCUT2D eigenvalue weighted by Crippen LogP contribution is -2.27. The fraction of sp³-hybridized carbons (Fsp3) is 0.412. The van der Waals surface area contributed by atoms with Crippen molar-refractivity contribution in [3.8, 4) is 0 Å². The highest BCUT2D eigenvalue weighted by molar-refractivity contribution is 5.77. The normalized spacial score (nSPS) is 17.5. The monoisotopic (exact) mass is 343 g/mol. The molecule has 0 aliphatic carbocycles. The number of nitrogens with two attached hydrogens (primary N) is 1. The van der Waals surface area contributed by atoms with Crippen LogP contribution in [-0.4, -0.2) is 39.9 Å². The predicted molar refractivity (Wildman–Crippen MR) is 88.9 cm³/mol. The Morgan fingerprint density at radius 3 is 2.84 bits per heavy atom. The number of amides is 2. The highest BCUT2D eigenvalue weighted by Crippen LogP contribution is 2.17. The van der Waals surface area contributed by atoms with Gasteiger partial charge in [-0.15, -0.1) is 0 Å². The fourth-order valence-corrected chi connectivity index (χ4v) is 2.83. The summed E-state index contributed by atoms with van der Waals surface area (Å²) in [5, 5.41) is 6.67. The van der Waals surface area contributed by atoms with Crippen LogP contribution in [0.5, 0.6) is 0 Å². The molecule has 1 saturated heterocycles. The summed E-state index contributed by atoms with van der Waals surface area (Å²) in [5.74, 6) is 0.239. The maximum atomic E-state index is 12.0. The number of aromatic nitrogens is 2. The molecule has 3 rings (SSSR count). The Bertz CT molecular complexity index is 731. The average Bonchev–Trinajstić information content (AvgIpc) is 3.24. The third kappa shape index (κ3) is 4.87. The van der Waals surface area contributed by atoms with E-state index in [1.807, 2.05) is 35.2 Å². The van der Waals surface area contributed by atoms with Gasteiger partial charge >= 0.3 is 0 Å². The number of nitrogens with one attached hydrogen (secondary N) is 1. The van der Waals surface area contributed by atoms with E-state index in [0.29, 0.717) is 31.3 Å². The molecule has 0 saturated carbocycles. The van der Waals surface area contributed by atoms with E-state index in [-0.39, 0.29) is 24.2 Å². The predicted octanol–water partition coefficient (Wildman–Crippen LogP) is 0.236. The number of primary amides is 1. The molecule has 1 aliphatic heterocycles. The molecule has 0 bridgehead atoms. The van der Waals surface area contributed by atoms with Gasteiger partial charge in [0.15, 0.2) is 5.82 Å². The van der Waals surface area contributed by atoms with Gasteiger partial charge in [0, 0.05) is 13.1 Å². The van der Waals surface area contributed by atoms with Crippen molar-refractivity contribution in [1.29, 1.82) is 0 Å². The number of carbonyl (C=O) groups excluding carboxylic acids is 2. The fourth-order valence-electron chi connectivity index (χ4n) is 2.83. The van der Waals surface area contributed by atoms with Crippen molar-refractivity contribution >= 4 is 11.8 Å². The van der Waals surface area contributed by atoms with Crippen molar-refractivity contribution in [2.45, 2.75) is 25.9 Å². The molecular weight excluding hydrogens is 322 g/mol. The van der Waals surface area contributed by atoms with Crippen LogP contribution in [0.3, 0.4) is 0 Å². The quantitative estimate of drug-likeness (QED) is 0.744. The molecule has 1 aromatic heterocycles. The minimum Gasteiger partial charge on any atom is -0.369 e. The van der Waals surface area contributed by atoms with Crippen molar-refractivity contribution in [3.63, 3.8) is 0 Å². The maximum Gasteiger partial charge on any atom is 0.240 e. The molecule has 1 atom stereocenters. The Hall–Kier alpha value is -2.74. The molecule has 0 unspecified atom stereocenters. The van der Waals surface area contributed by atoms with Crippen LogP contribution in [0.25, 0.3) is 0 Å². The summed E-state index contributed by atoms with van der Waals surface area (Å²) in [6.45, 7) is 2.29. The summed E-state index contributed by atoms with van der Waals surface area (Å²) in [6, 6.07) is 9.67. The van der Waals surface area contributed by atoms with E-state index in [4.69, 9.17) is 10.3 Å². The van der Waals surface area contributed by atoms with Gasteiger partial charge in [0.05, 0.1) is 18.9 Å². The number of hydrogen-bond acceptors (Lipinski definition) is 6. The van der Waals surface area contributed by atoms with Gasteiger partial charge in [-0.1, -0.05) is 35.5 Å². The summed E-state index contributed by atoms with van der Waals surface area (Å²) < 4.78 is 5.19. The highest BCUT2D eigenvalue weighted by atomic mass is 16.5. The molecule has 2 heterocycles. The first-order valence-corrected chi connectivity index (χ1v) is 8.24. The molecule has 3 N–H and O–H groups in total. The molecule has 1 aromatic carbocycles. The second kappa shape index (κ2) is 7.89. The molecule has 132 valence electrons. The summed E-state index contributed by atoms with van der Waals surface area (Å²) in [6.07, 6.45) is 0.818. The molecule has 8 nitrogen and oxygen atoms in total. The van der Waals surface area contributed by atoms with Gasteiger partial charge in [0.1, 0.15) is 0 Å². The van der Waals surface area contributed by atoms with Crippen LogP contribution in [0.1, 0.15) is 23.7 Å². The van der Waals surface area contributed by atoms with Crippen molar-refractivity contribution < 1.29 is 14.1 Å². The van der Waals surface area contributed by atoms with Crippen molar-refractivity contribution in [3.05, 3.63) is 47.6 Å². The van der Waals surface area contributed by atoms with Crippen LogP contribution in [0.2, 0.25) is 0 Å². The topological polar surface area (TPSA) is 114 Å². The van der Waals surface area contributed by atoms with E-state index in [1.165, 1.54) is 0 Å². The first-order chi connectivity index (χ1) is 12.1. The molecule has 0 radical (unpaired) electrons. The van der Waals surface area contributed by atoms with Crippen LogP contribution in [0.4, 0.5) is 0 Å². The van der Waals surface area contributed by atoms with Crippen molar-refractivity contribution in [1.82, 2.24) is 20.4 Å². The van der Waals surface area contributed by atoms with Gasteiger partial charge in [-0.05, 0) is 18.5 Å². The smallest absolute Gasteiger partial charge is 0.240 e. The van der Waals surface area contributed by atoms with E-state index in [2.05, 4.69) is 15.5 Å². The van der Waals surface area contributed by atoms with Gasteiger partial charge in [-0.2, -0.15) is 4.98 Å². The van der Waals surface area contributed by atoms with E-state index in [9.17, 15) is 9.59 Å². The average molecular weight is 343 g/mol. The van der Waals surface area contributed by atoms with E-state index >= 15 is 0 Å². The molecule has 1 fully saturated rings. The van der Waals surface area contributed by atoms with Crippen LogP contribution >= 0.6 is 0 Å². The minimum absolute atomic E-state index is 0.0697. The minimum atomic E-state index is -0.274. The molecule has 2 amide bonds. The van der Waals surface area contributed by atoms with Crippen LogP contribution < -0.4 is 11.1 Å². The lowest BCUT2D eigenvalue weighted by molar-refractivity contribution is -0.122. The van der Waals surface area contributed by atoms with Gasteiger partial charge in [0.2, 0.25) is 17.7 Å². The zero-order valence-corrected chi connectivity index (χ0v) is 13.9. The van der Waals surface area contributed by atoms with E-state index < -0.39 is 0 Å². The third-order valence-corrected chi connectivity index (χ3v) is 4.19. The molecule has 8 heteroatoms. The molecule has 0 spiro atoms. The summed E-state index contributed by atoms with van der Waals surface area (Å²) in [4.78, 5) is 29.4. The number of carbonyl (C=O) groups is 2. The first-order valence-electron chi connectivity index (χ1n) is 8.24. The Balaban J connectivity index is 1.45. The van der Waals surface area contributed by atoms with Crippen LogP contribution in [0, 0.1) is 5.92 Å². The molecular formula is C17H21N5O3. The highest BCUT2D eigenvalue weighted by Gasteiger charge is 2.27. The Morgan fingerprint density at radius 2 is 2.12 bits per heavy atom. The van der Waals surface area contributed by atoms with Gasteiger partial charge in [-0.25, -0.2) is 0 Å². The second-order valence-corrected chi connectivity index (χ2v) is 6.17. The lowest BCUT2D eigenvalue weighted by atomic mass is 10.1. The first kappa shape index (κ1) is 17.1. The number of benzene rings is 1. The summed E-state index contributed by atoms with van der Waals surface area (Å²) in [7, 11) is 0. The Kier molecular flexibility index (Phi) is 5.39. The van der Waals surface area contributed by atoms with Crippen LogP contribution in [0.15, 0.2) is 34.9 Å². The zero-order chi connectivity index (χ0) is 17.6. The summed E-state index contributed by atoms with van der Waals surface area (Å²) >= 11 is 0. The third-order valence-electron chi connectivity index (χ3n) is 4.19. The molecule has 1 aliphatic rings. The van der Waals surface area contributed by atoms with Gasteiger partial charge in [0.25, 0.3) is 0 Å². The Labute approximate surface area is 145 Å². The number of rotatable bonds is 7. The van der Waals surface area contributed by atoms with Crippen LogP contribution in [-0.2, 0) is 29.1 Å². The second-order valence-electron chi connectivity index (χ2n) is 6.17.